The Bertz CT molecular complexity index is 1540. The quantitative estimate of drug-likeness (QED) is 0.0902. The molecule has 0 radical (unpaired) electrons. The number of aromatic carboxylic acids is 1. The number of thioether (sulfide) groups is 1. The first-order chi connectivity index (χ1) is 18.7. The van der Waals surface area contributed by atoms with E-state index >= 15 is 0 Å². The molecule has 0 aromatic heterocycles. The molecule has 0 saturated carbocycles. The maximum absolute atomic E-state index is 13.3. The van der Waals surface area contributed by atoms with Crippen LogP contribution in [0.3, 0.4) is 0 Å². The Morgan fingerprint density at radius 1 is 0.821 bits per heavy atom. The minimum absolute atomic E-state index is 0.123. The van der Waals surface area contributed by atoms with Crippen molar-refractivity contribution in [1.29, 1.82) is 0 Å². The van der Waals surface area contributed by atoms with Crippen LogP contribution in [0, 0.1) is 10.1 Å². The average molecular weight is 544 g/mol. The standard InChI is InChI=1S/C28H21N3O7S/c32-24-14-11-20(16-23(24)28(35)36)30-27(34)25(17-5-2-1-3-6-17)39-22-8-4-7-19(15-22)29-26(33)18-9-12-21(13-10-18)31(37)38/h1-16,25,32H,(H,29,33)(H,30,34)(H,35,36). The van der Waals surface area contributed by atoms with Crippen molar-refractivity contribution in [2.24, 2.45) is 0 Å². The summed E-state index contributed by atoms with van der Waals surface area (Å²) >= 11 is 1.22. The smallest absolute Gasteiger partial charge is 0.339 e. The van der Waals surface area contributed by atoms with E-state index in [1.54, 1.807) is 48.5 Å². The first kappa shape index (κ1) is 26.9. The van der Waals surface area contributed by atoms with Gasteiger partial charge in [0.25, 0.3) is 11.6 Å². The molecule has 0 bridgehead atoms. The van der Waals surface area contributed by atoms with E-state index in [4.69, 9.17) is 0 Å². The summed E-state index contributed by atoms with van der Waals surface area (Å²) in [5.41, 5.74) is 1.14. The molecule has 39 heavy (non-hydrogen) atoms. The van der Waals surface area contributed by atoms with Crippen LogP contribution >= 0.6 is 11.8 Å². The van der Waals surface area contributed by atoms with Gasteiger partial charge in [0.05, 0.1) is 4.92 Å². The van der Waals surface area contributed by atoms with Crippen LogP contribution in [-0.4, -0.2) is 32.9 Å². The molecule has 4 N–H and O–H groups in total. The molecule has 4 aromatic carbocycles. The molecule has 4 rings (SSSR count). The zero-order valence-electron chi connectivity index (χ0n) is 20.1. The number of nitrogens with one attached hydrogen (secondary N) is 2. The molecule has 0 heterocycles. The highest BCUT2D eigenvalue weighted by Gasteiger charge is 2.23. The molecule has 0 fully saturated rings. The monoisotopic (exact) mass is 543 g/mol. The number of nitro benzene ring substituents is 1. The summed E-state index contributed by atoms with van der Waals surface area (Å²) in [6, 6.07) is 24.8. The normalized spacial score (nSPS) is 11.3. The number of non-ortho nitro benzene ring substituents is 1. The SMILES string of the molecule is O=C(Nc1cccc(SC(C(=O)Nc2ccc(O)c(C(=O)O)c2)c2ccccc2)c1)c1ccc([N+](=O)[O-])cc1. The number of nitrogens with zero attached hydrogens (tertiary/aromatic N) is 1. The molecule has 0 saturated heterocycles. The second-order valence-corrected chi connectivity index (χ2v) is 9.40. The van der Waals surface area contributed by atoms with Gasteiger partial charge in [-0.25, -0.2) is 4.79 Å². The number of hydrogen-bond donors (Lipinski definition) is 4. The van der Waals surface area contributed by atoms with Crippen molar-refractivity contribution in [2.45, 2.75) is 10.1 Å². The number of anilines is 2. The van der Waals surface area contributed by atoms with Gasteiger partial charge in [0.2, 0.25) is 5.91 Å². The summed E-state index contributed by atoms with van der Waals surface area (Å²) in [5, 5.41) is 34.6. The van der Waals surface area contributed by atoms with Gasteiger partial charge in [-0.2, -0.15) is 0 Å². The maximum Gasteiger partial charge on any atom is 0.339 e. The lowest BCUT2D eigenvalue weighted by molar-refractivity contribution is -0.384. The van der Waals surface area contributed by atoms with E-state index in [9.17, 15) is 34.7 Å². The van der Waals surface area contributed by atoms with Gasteiger partial charge in [0.15, 0.2) is 0 Å². The van der Waals surface area contributed by atoms with E-state index in [1.165, 1.54) is 54.2 Å². The van der Waals surface area contributed by atoms with Gasteiger partial charge in [0, 0.05) is 34.0 Å². The summed E-state index contributed by atoms with van der Waals surface area (Å²) in [6.45, 7) is 0. The molecular formula is C28H21N3O7S. The number of aromatic hydroxyl groups is 1. The Morgan fingerprint density at radius 3 is 2.18 bits per heavy atom. The third kappa shape index (κ3) is 6.79. The van der Waals surface area contributed by atoms with Gasteiger partial charge in [-0.3, -0.25) is 19.7 Å². The minimum Gasteiger partial charge on any atom is -0.507 e. The van der Waals surface area contributed by atoms with Crippen molar-refractivity contribution in [2.75, 3.05) is 10.6 Å². The van der Waals surface area contributed by atoms with Crippen molar-refractivity contribution in [3.05, 3.63) is 124 Å². The number of carboxylic acid groups (broad SMARTS) is 1. The number of nitro groups is 1. The predicted octanol–water partition coefficient (Wildman–Crippen LogP) is 5.72. The molecule has 1 unspecified atom stereocenters. The van der Waals surface area contributed by atoms with Crippen LogP contribution in [-0.2, 0) is 4.79 Å². The van der Waals surface area contributed by atoms with E-state index in [-0.39, 0.29) is 22.5 Å². The number of carboxylic acids is 1. The zero-order chi connectivity index (χ0) is 27.9. The number of hydrogen-bond acceptors (Lipinski definition) is 7. The Hall–Kier alpha value is -5.16. The van der Waals surface area contributed by atoms with Gasteiger partial charge >= 0.3 is 5.97 Å². The van der Waals surface area contributed by atoms with Crippen LogP contribution < -0.4 is 10.6 Å². The molecule has 0 aliphatic rings. The predicted molar refractivity (Wildman–Crippen MR) is 146 cm³/mol. The fraction of sp³-hybridized carbons (Fsp3) is 0.0357. The van der Waals surface area contributed by atoms with E-state index in [2.05, 4.69) is 10.6 Å². The van der Waals surface area contributed by atoms with Gasteiger partial charge in [0.1, 0.15) is 16.6 Å². The van der Waals surface area contributed by atoms with E-state index in [1.807, 2.05) is 6.07 Å². The number of carbonyl (C=O) groups excluding carboxylic acids is 2. The fourth-order valence-electron chi connectivity index (χ4n) is 3.61. The number of benzene rings is 4. The lowest BCUT2D eigenvalue weighted by Crippen LogP contribution is -2.19. The number of amides is 2. The summed E-state index contributed by atoms with van der Waals surface area (Å²) in [7, 11) is 0. The second kappa shape index (κ2) is 11.9. The maximum atomic E-state index is 13.3. The summed E-state index contributed by atoms with van der Waals surface area (Å²) in [5.74, 6) is -2.62. The van der Waals surface area contributed by atoms with Gasteiger partial charge in [-0.15, -0.1) is 11.8 Å². The number of carbonyl (C=O) groups is 3. The molecule has 0 aliphatic heterocycles. The van der Waals surface area contributed by atoms with Crippen molar-refractivity contribution >= 4 is 46.6 Å². The average Bonchev–Trinajstić information content (AvgIpc) is 2.93. The molecule has 196 valence electrons. The Morgan fingerprint density at radius 2 is 1.51 bits per heavy atom. The van der Waals surface area contributed by atoms with Crippen molar-refractivity contribution < 1.29 is 29.5 Å². The highest BCUT2D eigenvalue weighted by atomic mass is 32.2. The summed E-state index contributed by atoms with van der Waals surface area (Å²) in [6.07, 6.45) is 0. The van der Waals surface area contributed by atoms with Crippen LogP contribution in [0.25, 0.3) is 0 Å². The van der Waals surface area contributed by atoms with Crippen molar-refractivity contribution in [1.82, 2.24) is 0 Å². The van der Waals surface area contributed by atoms with Crippen LogP contribution in [0.5, 0.6) is 5.75 Å². The highest BCUT2D eigenvalue weighted by molar-refractivity contribution is 8.00. The third-order valence-electron chi connectivity index (χ3n) is 5.52. The molecule has 2 amide bonds. The van der Waals surface area contributed by atoms with Crippen LogP contribution in [0.4, 0.5) is 17.1 Å². The van der Waals surface area contributed by atoms with E-state index in [0.29, 0.717) is 16.1 Å². The first-order valence-electron chi connectivity index (χ1n) is 11.5. The van der Waals surface area contributed by atoms with Crippen LogP contribution in [0.2, 0.25) is 0 Å². The highest BCUT2D eigenvalue weighted by Crippen LogP contribution is 2.37. The third-order valence-corrected chi connectivity index (χ3v) is 6.77. The number of rotatable bonds is 9. The molecule has 1 atom stereocenters. The fourth-order valence-corrected chi connectivity index (χ4v) is 4.70. The zero-order valence-corrected chi connectivity index (χ0v) is 20.9. The molecule has 11 heteroatoms. The molecule has 0 spiro atoms. The van der Waals surface area contributed by atoms with E-state index in [0.717, 1.165) is 0 Å². The van der Waals surface area contributed by atoms with E-state index < -0.39 is 33.7 Å². The van der Waals surface area contributed by atoms with Crippen molar-refractivity contribution in [3.8, 4) is 5.75 Å². The molecular weight excluding hydrogens is 522 g/mol. The Labute approximate surface area is 226 Å². The Balaban J connectivity index is 1.54. The topological polar surface area (TPSA) is 159 Å². The second-order valence-electron chi connectivity index (χ2n) is 8.22. The molecule has 4 aromatic rings. The van der Waals surface area contributed by atoms with Gasteiger partial charge < -0.3 is 20.8 Å². The lowest BCUT2D eigenvalue weighted by Gasteiger charge is -2.18. The largest absolute Gasteiger partial charge is 0.507 e. The molecule has 10 nitrogen and oxygen atoms in total. The van der Waals surface area contributed by atoms with Crippen LogP contribution in [0.15, 0.2) is 102 Å². The molecule has 0 aliphatic carbocycles. The Kier molecular flexibility index (Phi) is 8.22. The van der Waals surface area contributed by atoms with Crippen LogP contribution in [0.1, 0.15) is 31.5 Å². The minimum atomic E-state index is -1.33. The van der Waals surface area contributed by atoms with Crippen molar-refractivity contribution in [3.63, 3.8) is 0 Å². The van der Waals surface area contributed by atoms with Gasteiger partial charge in [-0.1, -0.05) is 36.4 Å². The first-order valence-corrected chi connectivity index (χ1v) is 12.3. The number of phenols is 1. The summed E-state index contributed by atoms with van der Waals surface area (Å²) < 4.78 is 0. The summed E-state index contributed by atoms with van der Waals surface area (Å²) in [4.78, 5) is 48.3. The van der Waals surface area contributed by atoms with Gasteiger partial charge in [-0.05, 0) is 54.1 Å². The lowest BCUT2D eigenvalue weighted by atomic mass is 10.1.